The maximum Gasteiger partial charge on any atom is 0.433 e. The molecule has 1 N–H and O–H groups in total. The Morgan fingerprint density at radius 3 is 2.47 bits per heavy atom. The van der Waals surface area contributed by atoms with Crippen molar-refractivity contribution in [1.82, 2.24) is 0 Å². The summed E-state index contributed by atoms with van der Waals surface area (Å²) in [4.78, 5) is 11.9. The Hall–Kier alpha value is -3.27. The Morgan fingerprint density at radius 1 is 1.10 bits per heavy atom. The first kappa shape index (κ1) is 21.4. The van der Waals surface area contributed by atoms with Gasteiger partial charge in [-0.15, -0.1) is 0 Å². The number of carbonyl (C=O) groups is 1. The molecule has 0 radical (unpaired) electrons. The minimum atomic E-state index is -4.94. The highest BCUT2D eigenvalue weighted by atomic mass is 19.4. The van der Waals surface area contributed by atoms with E-state index in [-0.39, 0.29) is 5.75 Å². The van der Waals surface area contributed by atoms with Crippen LogP contribution in [0.3, 0.4) is 0 Å². The molecule has 1 unspecified atom stereocenters. The predicted octanol–water partition coefficient (Wildman–Crippen LogP) is 5.33. The summed E-state index contributed by atoms with van der Waals surface area (Å²) in [6.07, 6.45) is -1.98. The zero-order valence-electron chi connectivity index (χ0n) is 16.1. The Balaban J connectivity index is 2.01. The van der Waals surface area contributed by atoms with E-state index in [9.17, 15) is 23.1 Å². The molecular weight excluding hydrogens is 395 g/mol. The van der Waals surface area contributed by atoms with Gasteiger partial charge in [0.15, 0.2) is 0 Å². The zero-order chi connectivity index (χ0) is 21.8. The molecule has 1 aliphatic heterocycles. The lowest BCUT2D eigenvalue weighted by Gasteiger charge is -2.39. The molecule has 3 rings (SSSR count). The summed E-state index contributed by atoms with van der Waals surface area (Å²) in [5.41, 5.74) is -2.36. The smallest absolute Gasteiger partial charge is 0.433 e. The van der Waals surface area contributed by atoms with Crippen LogP contribution in [0, 0.1) is 11.3 Å². The summed E-state index contributed by atoms with van der Waals surface area (Å²) in [6.45, 7) is 0. The van der Waals surface area contributed by atoms with Crippen LogP contribution in [-0.2, 0) is 17.6 Å². The minimum Gasteiger partial charge on any atom is -0.478 e. The standard InChI is InChI=1S/C23H20F3NO3/c24-23(25,26)22(15-17-8-3-1-4-9-17)19(21(28)29)14-18-13-16(7-5-2-6-12-27)10-11-20(18)30-22/h1,3-4,8-11,13-14H,2,5-7,15H2,(H,28,29). The second-order valence-electron chi connectivity index (χ2n) is 7.19. The maximum atomic E-state index is 14.2. The number of hydrogen-bond donors (Lipinski definition) is 1. The lowest BCUT2D eigenvalue weighted by Crippen LogP contribution is -2.56. The highest BCUT2D eigenvalue weighted by molar-refractivity contribution is 5.96. The van der Waals surface area contributed by atoms with Crippen molar-refractivity contribution >= 4 is 12.0 Å². The van der Waals surface area contributed by atoms with Gasteiger partial charge in [0.05, 0.1) is 11.6 Å². The van der Waals surface area contributed by atoms with E-state index in [4.69, 9.17) is 10.00 Å². The van der Waals surface area contributed by atoms with Crippen LogP contribution < -0.4 is 4.74 Å². The topological polar surface area (TPSA) is 70.3 Å². The van der Waals surface area contributed by atoms with Gasteiger partial charge in [0.2, 0.25) is 5.60 Å². The van der Waals surface area contributed by atoms with E-state index in [0.29, 0.717) is 30.4 Å². The lowest BCUT2D eigenvalue weighted by molar-refractivity contribution is -0.235. The molecular formula is C23H20F3NO3. The molecule has 0 bridgehead atoms. The average Bonchev–Trinajstić information content (AvgIpc) is 2.70. The monoisotopic (exact) mass is 415 g/mol. The van der Waals surface area contributed by atoms with E-state index in [1.807, 2.05) is 0 Å². The molecule has 2 aromatic rings. The van der Waals surface area contributed by atoms with E-state index < -0.39 is 29.7 Å². The molecule has 156 valence electrons. The number of fused-ring (bicyclic) bond motifs is 1. The van der Waals surface area contributed by atoms with Crippen LogP contribution in [-0.4, -0.2) is 22.9 Å². The van der Waals surface area contributed by atoms with Crippen LogP contribution in [0.15, 0.2) is 54.1 Å². The zero-order valence-corrected chi connectivity index (χ0v) is 16.1. The number of benzene rings is 2. The van der Waals surface area contributed by atoms with Crippen molar-refractivity contribution < 1.29 is 27.8 Å². The first-order valence-electron chi connectivity index (χ1n) is 9.52. The maximum absolute atomic E-state index is 14.2. The van der Waals surface area contributed by atoms with E-state index in [1.54, 1.807) is 30.3 Å². The number of carboxylic acid groups (broad SMARTS) is 1. The molecule has 30 heavy (non-hydrogen) atoms. The van der Waals surface area contributed by atoms with Crippen LogP contribution in [0.25, 0.3) is 6.08 Å². The van der Waals surface area contributed by atoms with Gasteiger partial charge < -0.3 is 9.84 Å². The molecule has 0 aromatic heterocycles. The fourth-order valence-corrected chi connectivity index (χ4v) is 3.57. The Morgan fingerprint density at radius 2 is 1.83 bits per heavy atom. The van der Waals surface area contributed by atoms with E-state index >= 15 is 0 Å². The van der Waals surface area contributed by atoms with E-state index in [1.165, 1.54) is 18.2 Å². The van der Waals surface area contributed by atoms with E-state index in [2.05, 4.69) is 6.07 Å². The Bertz CT molecular complexity index is 993. The van der Waals surface area contributed by atoms with Gasteiger partial charge in [-0.2, -0.15) is 18.4 Å². The van der Waals surface area contributed by atoms with Crippen molar-refractivity contribution in [3.05, 3.63) is 70.8 Å². The number of alkyl halides is 3. The number of carboxylic acids is 1. The fraction of sp³-hybridized carbons (Fsp3) is 0.304. The fourth-order valence-electron chi connectivity index (χ4n) is 3.57. The normalized spacial score (nSPS) is 18.0. The highest BCUT2D eigenvalue weighted by Gasteiger charge is 2.63. The summed E-state index contributed by atoms with van der Waals surface area (Å²) in [7, 11) is 0. The lowest BCUT2D eigenvalue weighted by atomic mass is 9.82. The summed E-state index contributed by atoms with van der Waals surface area (Å²) in [5, 5.41) is 18.2. The van der Waals surface area contributed by atoms with Gasteiger partial charge in [0.25, 0.3) is 0 Å². The van der Waals surface area contributed by atoms with Gasteiger partial charge in [-0.05, 0) is 48.6 Å². The molecule has 4 nitrogen and oxygen atoms in total. The number of rotatable bonds is 7. The third-order valence-corrected chi connectivity index (χ3v) is 5.08. The van der Waals surface area contributed by atoms with Crippen LogP contribution in [0.4, 0.5) is 13.2 Å². The molecule has 0 fully saturated rings. The number of halogens is 3. The third-order valence-electron chi connectivity index (χ3n) is 5.08. The first-order valence-corrected chi connectivity index (χ1v) is 9.52. The largest absolute Gasteiger partial charge is 0.478 e. The number of ether oxygens (including phenoxy) is 1. The summed E-state index contributed by atoms with van der Waals surface area (Å²) < 4.78 is 48.2. The van der Waals surface area contributed by atoms with Gasteiger partial charge in [-0.25, -0.2) is 4.79 Å². The Kier molecular flexibility index (Phi) is 6.16. The van der Waals surface area contributed by atoms with Crippen LogP contribution in [0.2, 0.25) is 0 Å². The number of nitriles is 1. The number of unbranched alkanes of at least 4 members (excludes halogenated alkanes) is 2. The molecule has 1 atom stereocenters. The molecule has 0 amide bonds. The van der Waals surface area contributed by atoms with Gasteiger partial charge in [-0.1, -0.05) is 36.4 Å². The average molecular weight is 415 g/mol. The number of nitrogens with zero attached hydrogens (tertiary/aromatic N) is 1. The van der Waals surface area contributed by atoms with Crippen LogP contribution in [0.5, 0.6) is 5.75 Å². The number of hydrogen-bond acceptors (Lipinski definition) is 3. The molecule has 2 aromatic carbocycles. The number of aliphatic carboxylic acids is 1. The van der Waals surface area contributed by atoms with Crippen molar-refractivity contribution in [2.24, 2.45) is 0 Å². The molecule has 1 heterocycles. The highest BCUT2D eigenvalue weighted by Crippen LogP contribution is 2.47. The van der Waals surface area contributed by atoms with Crippen molar-refractivity contribution in [2.75, 3.05) is 0 Å². The van der Waals surface area contributed by atoms with Crippen LogP contribution in [0.1, 0.15) is 36.0 Å². The van der Waals surface area contributed by atoms with Crippen molar-refractivity contribution in [3.8, 4) is 11.8 Å². The second-order valence-corrected chi connectivity index (χ2v) is 7.19. The van der Waals surface area contributed by atoms with Gasteiger partial charge >= 0.3 is 12.1 Å². The third kappa shape index (κ3) is 4.33. The first-order chi connectivity index (χ1) is 14.3. The molecule has 0 saturated heterocycles. The van der Waals surface area contributed by atoms with Gasteiger partial charge in [-0.3, -0.25) is 0 Å². The quantitative estimate of drug-likeness (QED) is 0.621. The summed E-state index contributed by atoms with van der Waals surface area (Å²) in [5.74, 6) is -1.68. The summed E-state index contributed by atoms with van der Waals surface area (Å²) in [6, 6.07) is 14.7. The predicted molar refractivity (Wildman–Crippen MR) is 105 cm³/mol. The Labute approximate surface area is 172 Å². The van der Waals surface area contributed by atoms with Crippen molar-refractivity contribution in [2.45, 2.75) is 43.9 Å². The SMILES string of the molecule is N#CCCCCc1ccc2c(c1)C=C(C(=O)O)C(Cc1ccccc1)(C(F)(F)F)O2. The molecule has 1 aliphatic rings. The molecule has 0 aliphatic carbocycles. The van der Waals surface area contributed by atoms with Crippen LogP contribution >= 0.6 is 0 Å². The van der Waals surface area contributed by atoms with Gasteiger partial charge in [0, 0.05) is 18.4 Å². The number of aryl methyl sites for hydroxylation is 1. The molecule has 0 saturated carbocycles. The van der Waals surface area contributed by atoms with E-state index in [0.717, 1.165) is 18.1 Å². The summed E-state index contributed by atoms with van der Waals surface area (Å²) >= 11 is 0. The van der Waals surface area contributed by atoms with Crippen molar-refractivity contribution in [3.63, 3.8) is 0 Å². The minimum absolute atomic E-state index is 0.00553. The molecule has 7 heteroatoms. The van der Waals surface area contributed by atoms with Crippen molar-refractivity contribution in [1.29, 1.82) is 5.26 Å². The molecule has 0 spiro atoms. The second kappa shape index (κ2) is 8.62. The van der Waals surface area contributed by atoms with Gasteiger partial charge in [0.1, 0.15) is 5.75 Å².